The fourth-order valence-electron chi connectivity index (χ4n) is 2.18. The highest BCUT2D eigenvalue weighted by Gasteiger charge is 2.15. The quantitative estimate of drug-likeness (QED) is 0.626. The zero-order valence-corrected chi connectivity index (χ0v) is 15.5. The molecular formula is C18H33ClN2. The molecule has 3 heteroatoms. The van der Waals surface area contributed by atoms with Crippen molar-refractivity contribution in [3.05, 3.63) is 34.5 Å². The molecule has 122 valence electrons. The molecule has 2 rings (SSSR count). The van der Waals surface area contributed by atoms with E-state index in [9.17, 15) is 0 Å². The van der Waals surface area contributed by atoms with Gasteiger partial charge in [0.05, 0.1) is 0 Å². The van der Waals surface area contributed by atoms with E-state index in [1.807, 2.05) is 27.7 Å². The summed E-state index contributed by atoms with van der Waals surface area (Å²) in [4.78, 5) is 4.82. The lowest BCUT2D eigenvalue weighted by atomic mass is 10.1. The fraction of sp³-hybridized carbons (Fsp3) is 0.667. The zero-order chi connectivity index (χ0) is 16.3. The van der Waals surface area contributed by atoms with Crippen LogP contribution < -0.4 is 0 Å². The maximum absolute atomic E-state index is 6.24. The number of hydrogen-bond donors (Lipinski definition) is 0. The molecular weight excluding hydrogens is 280 g/mol. The lowest BCUT2D eigenvalue weighted by Crippen LogP contribution is -2.43. The van der Waals surface area contributed by atoms with E-state index in [4.69, 9.17) is 11.6 Å². The van der Waals surface area contributed by atoms with Gasteiger partial charge < -0.3 is 9.80 Å². The molecule has 1 aliphatic heterocycles. The molecule has 1 heterocycles. The lowest BCUT2D eigenvalue weighted by molar-refractivity contribution is 0.190. The van der Waals surface area contributed by atoms with Crippen molar-refractivity contribution < 1.29 is 0 Å². The predicted octanol–water partition coefficient (Wildman–Crippen LogP) is 5.03. The van der Waals surface area contributed by atoms with E-state index in [0.717, 1.165) is 44.1 Å². The van der Waals surface area contributed by atoms with Crippen molar-refractivity contribution >= 4 is 11.6 Å². The molecule has 1 saturated heterocycles. The molecule has 0 aromatic heterocycles. The standard InChI is InChI=1S/C14H21ClN2.2C2H6/c1-12-3-5-13(15)11-14(6-4-12)17-9-7-16(2)8-10-17;2*1-2/h3,6,11H,4-5,7-10H2,1-2H3;2*1-2H3/b12-3-,13-11+,14-6?;;. The number of piperazine rings is 1. The molecule has 2 nitrogen and oxygen atoms in total. The van der Waals surface area contributed by atoms with E-state index in [1.165, 1.54) is 11.3 Å². The Morgan fingerprint density at radius 3 is 2.05 bits per heavy atom. The molecule has 21 heavy (non-hydrogen) atoms. The summed E-state index contributed by atoms with van der Waals surface area (Å²) >= 11 is 6.24. The molecule has 0 bridgehead atoms. The molecule has 1 fully saturated rings. The topological polar surface area (TPSA) is 6.48 Å². The number of likely N-dealkylation sites (N-methyl/N-ethyl adjacent to an activating group) is 1. The zero-order valence-electron chi connectivity index (χ0n) is 14.7. The van der Waals surface area contributed by atoms with Gasteiger partial charge in [0.1, 0.15) is 0 Å². The number of halogens is 1. The Hall–Kier alpha value is -0.730. The van der Waals surface area contributed by atoms with Crippen molar-refractivity contribution in [2.75, 3.05) is 33.2 Å². The van der Waals surface area contributed by atoms with Gasteiger partial charge in [0, 0.05) is 43.3 Å². The molecule has 0 aromatic rings. The Kier molecular flexibility index (Phi) is 11.5. The van der Waals surface area contributed by atoms with Gasteiger partial charge in [-0.2, -0.15) is 0 Å². The average molecular weight is 313 g/mol. The summed E-state index contributed by atoms with van der Waals surface area (Å²) in [6, 6.07) is 0. The van der Waals surface area contributed by atoms with Crippen LogP contribution in [-0.4, -0.2) is 43.0 Å². The molecule has 1 aliphatic carbocycles. The average Bonchev–Trinajstić information content (AvgIpc) is 2.52. The van der Waals surface area contributed by atoms with Crippen molar-refractivity contribution in [3.63, 3.8) is 0 Å². The number of hydrogen-bond acceptors (Lipinski definition) is 2. The minimum absolute atomic E-state index is 0.873. The van der Waals surface area contributed by atoms with Crippen LogP contribution in [0.5, 0.6) is 0 Å². The molecule has 0 saturated carbocycles. The van der Waals surface area contributed by atoms with Gasteiger partial charge in [-0.1, -0.05) is 57.0 Å². The van der Waals surface area contributed by atoms with Gasteiger partial charge in [-0.25, -0.2) is 0 Å². The van der Waals surface area contributed by atoms with Crippen LogP contribution in [0.15, 0.2) is 34.5 Å². The van der Waals surface area contributed by atoms with Crippen molar-refractivity contribution in [3.8, 4) is 0 Å². The normalized spacial score (nSPS) is 24.5. The molecule has 0 unspecified atom stereocenters. The molecule has 0 atom stereocenters. The fourth-order valence-corrected chi connectivity index (χ4v) is 2.37. The Bertz CT molecular complexity index is 361. The largest absolute Gasteiger partial charge is 0.369 e. The van der Waals surface area contributed by atoms with Crippen molar-refractivity contribution in [1.82, 2.24) is 9.80 Å². The van der Waals surface area contributed by atoms with Crippen LogP contribution in [0.4, 0.5) is 0 Å². The Labute approximate surface area is 137 Å². The molecule has 0 N–H and O–H groups in total. The molecule has 2 aliphatic rings. The van der Waals surface area contributed by atoms with Crippen LogP contribution >= 0.6 is 11.6 Å². The molecule has 0 spiro atoms. The molecule has 0 radical (unpaired) electrons. The second kappa shape index (κ2) is 11.9. The van der Waals surface area contributed by atoms with E-state index >= 15 is 0 Å². The third-order valence-corrected chi connectivity index (χ3v) is 3.72. The molecule has 0 amide bonds. The number of rotatable bonds is 1. The highest BCUT2D eigenvalue weighted by atomic mass is 35.5. The van der Waals surface area contributed by atoms with Crippen LogP contribution in [0, 0.1) is 0 Å². The minimum Gasteiger partial charge on any atom is -0.369 e. The Morgan fingerprint density at radius 1 is 0.905 bits per heavy atom. The first-order chi connectivity index (χ1) is 10.1. The van der Waals surface area contributed by atoms with Crippen LogP contribution in [0.3, 0.4) is 0 Å². The van der Waals surface area contributed by atoms with Crippen molar-refractivity contribution in [2.45, 2.75) is 47.5 Å². The van der Waals surface area contributed by atoms with Crippen molar-refractivity contribution in [2.24, 2.45) is 0 Å². The number of allylic oxidation sites excluding steroid dienone is 5. The van der Waals surface area contributed by atoms with Crippen LogP contribution in [0.25, 0.3) is 0 Å². The van der Waals surface area contributed by atoms with E-state index in [1.54, 1.807) is 0 Å². The first kappa shape index (κ1) is 20.3. The van der Waals surface area contributed by atoms with Crippen molar-refractivity contribution in [1.29, 1.82) is 0 Å². The van der Waals surface area contributed by atoms with E-state index in [2.05, 4.69) is 42.0 Å². The highest BCUT2D eigenvalue weighted by Crippen LogP contribution is 2.21. The predicted molar refractivity (Wildman–Crippen MR) is 96.8 cm³/mol. The second-order valence-electron chi connectivity index (χ2n) is 4.97. The lowest BCUT2D eigenvalue weighted by Gasteiger charge is -2.35. The second-order valence-corrected chi connectivity index (χ2v) is 5.45. The van der Waals surface area contributed by atoms with Crippen LogP contribution in [0.2, 0.25) is 0 Å². The van der Waals surface area contributed by atoms with Gasteiger partial charge in [-0.05, 0) is 26.5 Å². The minimum atomic E-state index is 0.873. The maximum atomic E-state index is 6.24. The number of nitrogens with zero attached hydrogens (tertiary/aromatic N) is 2. The van der Waals surface area contributed by atoms with Crippen LogP contribution in [0.1, 0.15) is 47.5 Å². The first-order valence-electron chi connectivity index (χ1n) is 8.30. The Morgan fingerprint density at radius 2 is 1.48 bits per heavy atom. The maximum Gasteiger partial charge on any atom is 0.0341 e. The Balaban J connectivity index is 0.000000921. The summed E-state index contributed by atoms with van der Waals surface area (Å²) in [5, 5.41) is 0.939. The smallest absolute Gasteiger partial charge is 0.0341 e. The van der Waals surface area contributed by atoms with Gasteiger partial charge in [0.25, 0.3) is 0 Å². The van der Waals surface area contributed by atoms with E-state index in [0.29, 0.717) is 0 Å². The van der Waals surface area contributed by atoms with E-state index < -0.39 is 0 Å². The van der Waals surface area contributed by atoms with Gasteiger partial charge >= 0.3 is 0 Å². The summed E-state index contributed by atoms with van der Waals surface area (Å²) in [7, 11) is 2.18. The summed E-state index contributed by atoms with van der Waals surface area (Å²) < 4.78 is 0. The SMILES string of the molecule is C/C1=C/C/C(Cl)=C\C(N2CCN(C)CC2)=CC1.CC.CC. The summed E-state index contributed by atoms with van der Waals surface area (Å²) in [6.45, 7) is 14.7. The van der Waals surface area contributed by atoms with Crippen LogP contribution in [-0.2, 0) is 0 Å². The summed E-state index contributed by atoms with van der Waals surface area (Å²) in [5.74, 6) is 0. The first-order valence-corrected chi connectivity index (χ1v) is 8.68. The molecule has 0 aromatic carbocycles. The van der Waals surface area contributed by atoms with Gasteiger partial charge in [0.2, 0.25) is 0 Å². The van der Waals surface area contributed by atoms with E-state index in [-0.39, 0.29) is 0 Å². The van der Waals surface area contributed by atoms with Gasteiger partial charge in [-0.3, -0.25) is 0 Å². The highest BCUT2D eigenvalue weighted by molar-refractivity contribution is 6.29. The summed E-state index contributed by atoms with van der Waals surface area (Å²) in [6.07, 6.45) is 8.57. The monoisotopic (exact) mass is 312 g/mol. The van der Waals surface area contributed by atoms with Gasteiger partial charge in [0.15, 0.2) is 0 Å². The van der Waals surface area contributed by atoms with Gasteiger partial charge in [-0.15, -0.1) is 0 Å². The summed E-state index contributed by atoms with van der Waals surface area (Å²) in [5.41, 5.74) is 2.71. The third-order valence-electron chi connectivity index (χ3n) is 3.45. The third kappa shape index (κ3) is 7.73.